The number of carbonyl (C=O) groups is 3. The fraction of sp³-hybridized carbons (Fsp3) is 0.250. The van der Waals surface area contributed by atoms with Gasteiger partial charge >= 0.3 is 5.97 Å². The number of aliphatic carboxylic acids is 1. The fourth-order valence-electron chi connectivity index (χ4n) is 1.99. The maximum atomic E-state index is 11.8. The molecule has 6 heteroatoms. The largest absolute Gasteiger partial charge is 0.480 e. The molecule has 94 valence electrons. The Bertz CT molecular complexity index is 553. The van der Waals surface area contributed by atoms with Gasteiger partial charge < -0.3 is 15.7 Å². The lowest BCUT2D eigenvalue weighted by molar-refractivity contribution is -0.138. The normalized spacial score (nSPS) is 15.8. The summed E-state index contributed by atoms with van der Waals surface area (Å²) in [6.45, 7) is 1.54. The minimum absolute atomic E-state index is 0.211. The van der Waals surface area contributed by atoms with Crippen LogP contribution in [0.1, 0.15) is 15.9 Å². The standard InChI is InChI=1S/C12H12N2O4/c1-6-3-2-4-7-9(6)14(11(16)10(7)15)5-8(13)12(17)18/h2-4,8H,5,13H2,1H3,(H,17,18). The number of carboxylic acid groups (broad SMARTS) is 1. The zero-order valence-corrected chi connectivity index (χ0v) is 9.71. The van der Waals surface area contributed by atoms with E-state index in [1.54, 1.807) is 25.1 Å². The Morgan fingerprint density at radius 2 is 2.11 bits per heavy atom. The maximum absolute atomic E-state index is 11.8. The van der Waals surface area contributed by atoms with Crippen LogP contribution >= 0.6 is 0 Å². The summed E-state index contributed by atoms with van der Waals surface area (Å²) >= 11 is 0. The van der Waals surface area contributed by atoms with Crippen LogP contribution in [0.15, 0.2) is 18.2 Å². The molecular weight excluding hydrogens is 236 g/mol. The van der Waals surface area contributed by atoms with Crippen molar-refractivity contribution in [2.75, 3.05) is 11.4 Å². The predicted octanol–water partition coefficient (Wildman–Crippen LogP) is -0.0638. The Labute approximate surface area is 103 Å². The van der Waals surface area contributed by atoms with Gasteiger partial charge in [-0.15, -0.1) is 0 Å². The molecule has 1 atom stereocenters. The van der Waals surface area contributed by atoms with Gasteiger partial charge in [-0.2, -0.15) is 0 Å². The van der Waals surface area contributed by atoms with Crippen molar-refractivity contribution in [1.82, 2.24) is 0 Å². The van der Waals surface area contributed by atoms with Gasteiger partial charge in [-0.05, 0) is 18.6 Å². The van der Waals surface area contributed by atoms with Crippen LogP contribution in [0.2, 0.25) is 0 Å². The number of nitrogens with two attached hydrogens (primary N) is 1. The zero-order chi connectivity index (χ0) is 13.4. The number of anilines is 1. The number of aryl methyl sites for hydroxylation is 1. The number of para-hydroxylation sites is 1. The highest BCUT2D eigenvalue weighted by Gasteiger charge is 2.38. The lowest BCUT2D eigenvalue weighted by atomic mass is 10.1. The van der Waals surface area contributed by atoms with Gasteiger partial charge in [0, 0.05) is 0 Å². The first-order valence-corrected chi connectivity index (χ1v) is 5.37. The lowest BCUT2D eigenvalue weighted by Gasteiger charge is -2.20. The molecule has 1 amide bonds. The van der Waals surface area contributed by atoms with E-state index < -0.39 is 23.7 Å². The van der Waals surface area contributed by atoms with E-state index in [0.717, 1.165) is 10.5 Å². The molecule has 0 saturated carbocycles. The molecule has 18 heavy (non-hydrogen) atoms. The molecule has 0 fully saturated rings. The summed E-state index contributed by atoms with van der Waals surface area (Å²) in [6, 6.07) is 3.77. The summed E-state index contributed by atoms with van der Waals surface area (Å²) in [7, 11) is 0. The van der Waals surface area contributed by atoms with Crippen molar-refractivity contribution in [3.63, 3.8) is 0 Å². The summed E-state index contributed by atoms with van der Waals surface area (Å²) in [6.07, 6.45) is 0. The maximum Gasteiger partial charge on any atom is 0.322 e. The summed E-state index contributed by atoms with van der Waals surface area (Å²) in [5, 5.41) is 8.76. The molecule has 0 spiro atoms. The monoisotopic (exact) mass is 248 g/mol. The Kier molecular flexibility index (Phi) is 2.88. The van der Waals surface area contributed by atoms with Gasteiger partial charge in [0.2, 0.25) is 0 Å². The summed E-state index contributed by atoms with van der Waals surface area (Å²) in [5.74, 6) is -2.56. The Morgan fingerprint density at radius 1 is 1.44 bits per heavy atom. The number of fused-ring (bicyclic) bond motifs is 1. The van der Waals surface area contributed by atoms with Crippen LogP contribution in [0.4, 0.5) is 5.69 Å². The van der Waals surface area contributed by atoms with E-state index in [0.29, 0.717) is 11.3 Å². The van der Waals surface area contributed by atoms with Crippen LogP contribution in [0.5, 0.6) is 0 Å². The van der Waals surface area contributed by atoms with Crippen molar-refractivity contribution < 1.29 is 19.5 Å². The van der Waals surface area contributed by atoms with Crippen LogP contribution in [-0.4, -0.2) is 35.4 Å². The molecule has 1 aromatic carbocycles. The van der Waals surface area contributed by atoms with Crippen molar-refractivity contribution in [1.29, 1.82) is 0 Å². The Hall–Kier alpha value is -2.21. The van der Waals surface area contributed by atoms with E-state index in [4.69, 9.17) is 10.8 Å². The number of carboxylic acids is 1. The molecule has 1 heterocycles. The highest BCUT2D eigenvalue weighted by atomic mass is 16.4. The fourth-order valence-corrected chi connectivity index (χ4v) is 1.99. The van der Waals surface area contributed by atoms with Crippen molar-refractivity contribution in [2.45, 2.75) is 13.0 Å². The quantitative estimate of drug-likeness (QED) is 0.729. The molecule has 0 aliphatic carbocycles. The average molecular weight is 248 g/mol. The third-order valence-corrected chi connectivity index (χ3v) is 2.89. The first-order chi connectivity index (χ1) is 8.43. The molecule has 3 N–H and O–H groups in total. The van der Waals surface area contributed by atoms with E-state index in [1.807, 2.05) is 0 Å². The van der Waals surface area contributed by atoms with Crippen LogP contribution in [0.3, 0.4) is 0 Å². The van der Waals surface area contributed by atoms with E-state index in [2.05, 4.69) is 0 Å². The third kappa shape index (κ3) is 1.76. The zero-order valence-electron chi connectivity index (χ0n) is 9.71. The molecule has 2 rings (SSSR count). The highest BCUT2D eigenvalue weighted by molar-refractivity contribution is 6.52. The second-order valence-corrected chi connectivity index (χ2v) is 4.16. The number of amides is 1. The average Bonchev–Trinajstić information content (AvgIpc) is 2.56. The third-order valence-electron chi connectivity index (χ3n) is 2.89. The van der Waals surface area contributed by atoms with E-state index >= 15 is 0 Å². The topological polar surface area (TPSA) is 101 Å². The number of benzene rings is 1. The number of carbonyl (C=O) groups excluding carboxylic acids is 2. The number of hydrogen-bond acceptors (Lipinski definition) is 4. The number of ketones is 1. The first kappa shape index (κ1) is 12.3. The van der Waals surface area contributed by atoms with Gasteiger partial charge in [-0.3, -0.25) is 14.4 Å². The van der Waals surface area contributed by atoms with Gasteiger partial charge in [0.15, 0.2) is 0 Å². The van der Waals surface area contributed by atoms with Crippen molar-refractivity contribution in [3.8, 4) is 0 Å². The van der Waals surface area contributed by atoms with Crippen molar-refractivity contribution in [3.05, 3.63) is 29.3 Å². The molecule has 0 radical (unpaired) electrons. The minimum atomic E-state index is -1.22. The predicted molar refractivity (Wildman–Crippen MR) is 63.5 cm³/mol. The lowest BCUT2D eigenvalue weighted by Crippen LogP contribution is -2.45. The van der Waals surface area contributed by atoms with Crippen molar-refractivity contribution >= 4 is 23.3 Å². The molecule has 1 aliphatic heterocycles. The number of hydrogen-bond donors (Lipinski definition) is 2. The van der Waals surface area contributed by atoms with E-state index in [1.165, 1.54) is 0 Å². The Morgan fingerprint density at radius 3 is 2.72 bits per heavy atom. The summed E-state index contributed by atoms with van der Waals surface area (Å²) < 4.78 is 0. The second-order valence-electron chi connectivity index (χ2n) is 4.16. The minimum Gasteiger partial charge on any atom is -0.480 e. The highest BCUT2D eigenvalue weighted by Crippen LogP contribution is 2.31. The summed E-state index contributed by atoms with van der Waals surface area (Å²) in [5.41, 5.74) is 6.91. The number of Topliss-reactive ketones (excluding diaryl/α,β-unsaturated/α-hetero) is 1. The van der Waals surface area contributed by atoms with Gasteiger partial charge in [0.25, 0.3) is 11.7 Å². The van der Waals surface area contributed by atoms with Crippen LogP contribution in [-0.2, 0) is 9.59 Å². The van der Waals surface area contributed by atoms with Crippen LogP contribution in [0, 0.1) is 6.92 Å². The van der Waals surface area contributed by atoms with Gasteiger partial charge in [-0.25, -0.2) is 0 Å². The summed E-state index contributed by atoms with van der Waals surface area (Å²) in [4.78, 5) is 35.4. The van der Waals surface area contributed by atoms with Crippen molar-refractivity contribution in [2.24, 2.45) is 5.73 Å². The molecule has 6 nitrogen and oxygen atoms in total. The van der Waals surface area contributed by atoms with Gasteiger partial charge in [0.05, 0.1) is 17.8 Å². The smallest absolute Gasteiger partial charge is 0.322 e. The second kappa shape index (κ2) is 4.23. The SMILES string of the molecule is Cc1cccc2c1N(CC(N)C(=O)O)C(=O)C2=O. The van der Waals surface area contributed by atoms with E-state index in [-0.39, 0.29) is 6.54 Å². The van der Waals surface area contributed by atoms with Gasteiger partial charge in [0.1, 0.15) is 6.04 Å². The van der Waals surface area contributed by atoms with Gasteiger partial charge in [-0.1, -0.05) is 12.1 Å². The van der Waals surface area contributed by atoms with E-state index in [9.17, 15) is 14.4 Å². The molecule has 1 aromatic rings. The molecule has 0 aromatic heterocycles. The molecule has 1 unspecified atom stereocenters. The molecule has 0 bridgehead atoms. The first-order valence-electron chi connectivity index (χ1n) is 5.37. The van der Waals surface area contributed by atoms with Crippen LogP contribution < -0.4 is 10.6 Å². The molecular formula is C12H12N2O4. The number of rotatable bonds is 3. The number of nitrogens with zero attached hydrogens (tertiary/aromatic N) is 1. The molecule has 0 saturated heterocycles. The molecule has 1 aliphatic rings. The Balaban J connectivity index is 2.42. The van der Waals surface area contributed by atoms with Crippen LogP contribution in [0.25, 0.3) is 0 Å².